The fourth-order valence-electron chi connectivity index (χ4n) is 1.64. The number of ether oxygens (including phenoxy) is 1. The van der Waals surface area contributed by atoms with Crippen molar-refractivity contribution < 1.29 is 14.5 Å². The summed E-state index contributed by atoms with van der Waals surface area (Å²) < 4.78 is 4.68. The molecule has 18 heavy (non-hydrogen) atoms. The summed E-state index contributed by atoms with van der Waals surface area (Å²) in [5, 5.41) is 10.7. The standard InChI is InChI=1S/C12H16N2O4/c1-12(2,11(15)18-3)10(13)8-5-4-6-9(7-8)14(16)17/h4-7,10H,13H2,1-3H3/t10-/m0/s1. The molecule has 0 aliphatic carbocycles. The maximum absolute atomic E-state index is 11.6. The molecule has 0 unspecified atom stereocenters. The normalized spacial score (nSPS) is 12.9. The lowest BCUT2D eigenvalue weighted by Crippen LogP contribution is -2.37. The van der Waals surface area contributed by atoms with Crippen LogP contribution in [0.25, 0.3) is 0 Å². The summed E-state index contributed by atoms with van der Waals surface area (Å²) in [7, 11) is 1.28. The van der Waals surface area contributed by atoms with Crippen LogP contribution in [-0.4, -0.2) is 18.0 Å². The third-order valence-electron chi connectivity index (χ3n) is 2.93. The van der Waals surface area contributed by atoms with Gasteiger partial charge in [0.15, 0.2) is 0 Å². The number of carbonyl (C=O) groups is 1. The van der Waals surface area contributed by atoms with Gasteiger partial charge in [-0.3, -0.25) is 14.9 Å². The molecule has 1 atom stereocenters. The van der Waals surface area contributed by atoms with Crippen LogP contribution in [0.4, 0.5) is 5.69 Å². The van der Waals surface area contributed by atoms with Crippen molar-refractivity contribution in [2.45, 2.75) is 19.9 Å². The molecule has 6 heteroatoms. The zero-order chi connectivity index (χ0) is 13.9. The summed E-state index contributed by atoms with van der Waals surface area (Å²) in [5.74, 6) is -0.457. The maximum atomic E-state index is 11.6. The van der Waals surface area contributed by atoms with Gasteiger partial charge >= 0.3 is 5.97 Å². The van der Waals surface area contributed by atoms with E-state index in [2.05, 4.69) is 4.74 Å². The molecule has 0 amide bonds. The second-order valence-electron chi connectivity index (χ2n) is 4.54. The van der Waals surface area contributed by atoms with E-state index in [1.54, 1.807) is 26.0 Å². The second kappa shape index (κ2) is 5.14. The van der Waals surface area contributed by atoms with Crippen molar-refractivity contribution in [3.63, 3.8) is 0 Å². The highest BCUT2D eigenvalue weighted by molar-refractivity contribution is 5.77. The smallest absolute Gasteiger partial charge is 0.313 e. The number of nitrogens with zero attached hydrogens (tertiary/aromatic N) is 1. The first-order valence-electron chi connectivity index (χ1n) is 5.39. The SMILES string of the molecule is COC(=O)C(C)(C)[C@@H](N)c1cccc([N+](=O)[O-])c1. The van der Waals surface area contributed by atoms with E-state index in [0.717, 1.165) is 0 Å². The molecular weight excluding hydrogens is 236 g/mol. The molecule has 0 heterocycles. The van der Waals surface area contributed by atoms with Crippen LogP contribution in [0.2, 0.25) is 0 Å². The van der Waals surface area contributed by atoms with E-state index in [-0.39, 0.29) is 5.69 Å². The molecule has 0 aromatic heterocycles. The van der Waals surface area contributed by atoms with E-state index in [9.17, 15) is 14.9 Å². The summed E-state index contributed by atoms with van der Waals surface area (Å²) >= 11 is 0. The fraction of sp³-hybridized carbons (Fsp3) is 0.417. The molecular formula is C12H16N2O4. The highest BCUT2D eigenvalue weighted by atomic mass is 16.6. The van der Waals surface area contributed by atoms with Gasteiger partial charge in [-0.15, -0.1) is 0 Å². The number of rotatable bonds is 4. The minimum absolute atomic E-state index is 0.0522. The third kappa shape index (κ3) is 2.65. The Morgan fingerprint density at radius 1 is 1.50 bits per heavy atom. The molecule has 1 aromatic carbocycles. The van der Waals surface area contributed by atoms with E-state index >= 15 is 0 Å². The van der Waals surface area contributed by atoms with Crippen LogP contribution in [0.1, 0.15) is 25.5 Å². The van der Waals surface area contributed by atoms with Crippen molar-refractivity contribution in [1.82, 2.24) is 0 Å². The Bertz CT molecular complexity index is 471. The van der Waals surface area contributed by atoms with Crippen LogP contribution in [0.15, 0.2) is 24.3 Å². The van der Waals surface area contributed by atoms with Gasteiger partial charge in [0.25, 0.3) is 5.69 Å². The Morgan fingerprint density at radius 3 is 2.61 bits per heavy atom. The van der Waals surface area contributed by atoms with Crippen LogP contribution in [-0.2, 0) is 9.53 Å². The van der Waals surface area contributed by atoms with E-state index in [0.29, 0.717) is 5.56 Å². The predicted octanol–water partition coefficient (Wildman–Crippen LogP) is 1.79. The van der Waals surface area contributed by atoms with Gasteiger partial charge in [0.05, 0.1) is 17.4 Å². The largest absolute Gasteiger partial charge is 0.469 e. The summed E-state index contributed by atoms with van der Waals surface area (Å²) in [6.07, 6.45) is 0. The quantitative estimate of drug-likeness (QED) is 0.500. The molecule has 0 aliphatic heterocycles. The molecule has 1 aromatic rings. The summed E-state index contributed by atoms with van der Waals surface area (Å²) in [6.45, 7) is 3.28. The Labute approximate surface area is 105 Å². The molecule has 0 radical (unpaired) electrons. The van der Waals surface area contributed by atoms with Crippen molar-refractivity contribution in [2.75, 3.05) is 7.11 Å². The highest BCUT2D eigenvalue weighted by Crippen LogP contribution is 2.33. The van der Waals surface area contributed by atoms with Gasteiger partial charge in [0.1, 0.15) is 0 Å². The van der Waals surface area contributed by atoms with Crippen molar-refractivity contribution in [2.24, 2.45) is 11.1 Å². The zero-order valence-electron chi connectivity index (χ0n) is 10.5. The van der Waals surface area contributed by atoms with Crippen LogP contribution < -0.4 is 5.73 Å². The van der Waals surface area contributed by atoms with Crippen molar-refractivity contribution >= 4 is 11.7 Å². The van der Waals surface area contributed by atoms with Crippen LogP contribution in [0, 0.1) is 15.5 Å². The summed E-state index contributed by atoms with van der Waals surface area (Å²) in [5.41, 5.74) is 5.52. The minimum Gasteiger partial charge on any atom is -0.469 e. The zero-order valence-corrected chi connectivity index (χ0v) is 10.5. The Hall–Kier alpha value is -1.95. The van der Waals surface area contributed by atoms with Crippen LogP contribution >= 0.6 is 0 Å². The van der Waals surface area contributed by atoms with E-state index in [1.807, 2.05) is 0 Å². The van der Waals surface area contributed by atoms with Crippen molar-refractivity contribution in [3.05, 3.63) is 39.9 Å². The number of esters is 1. The molecule has 0 spiro atoms. The average Bonchev–Trinajstić information content (AvgIpc) is 2.36. The molecule has 2 N–H and O–H groups in total. The Morgan fingerprint density at radius 2 is 2.11 bits per heavy atom. The number of hydrogen-bond donors (Lipinski definition) is 1. The lowest BCUT2D eigenvalue weighted by atomic mass is 9.81. The average molecular weight is 252 g/mol. The number of non-ortho nitro benzene ring substituents is 1. The minimum atomic E-state index is -0.954. The Kier molecular flexibility index (Phi) is 4.03. The van der Waals surface area contributed by atoms with E-state index in [4.69, 9.17) is 5.73 Å². The number of hydrogen-bond acceptors (Lipinski definition) is 5. The first-order chi connectivity index (χ1) is 8.30. The molecule has 98 valence electrons. The first-order valence-corrected chi connectivity index (χ1v) is 5.39. The lowest BCUT2D eigenvalue weighted by Gasteiger charge is -2.28. The molecule has 6 nitrogen and oxygen atoms in total. The van der Waals surface area contributed by atoms with Crippen molar-refractivity contribution in [1.29, 1.82) is 0 Å². The topological polar surface area (TPSA) is 95.5 Å². The number of nitro benzene ring substituents is 1. The van der Waals surface area contributed by atoms with Crippen molar-refractivity contribution in [3.8, 4) is 0 Å². The second-order valence-corrected chi connectivity index (χ2v) is 4.54. The molecule has 0 saturated carbocycles. The van der Waals surface area contributed by atoms with Gasteiger partial charge in [-0.05, 0) is 19.4 Å². The first kappa shape index (κ1) is 14.1. The molecule has 0 bridgehead atoms. The van der Waals surface area contributed by atoms with Gasteiger partial charge in [0.2, 0.25) is 0 Å². The highest BCUT2D eigenvalue weighted by Gasteiger charge is 2.37. The third-order valence-corrected chi connectivity index (χ3v) is 2.93. The predicted molar refractivity (Wildman–Crippen MR) is 65.8 cm³/mol. The summed E-state index contributed by atoms with van der Waals surface area (Å²) in [4.78, 5) is 21.8. The van der Waals surface area contributed by atoms with E-state index in [1.165, 1.54) is 19.2 Å². The van der Waals surface area contributed by atoms with E-state index < -0.39 is 22.3 Å². The molecule has 0 fully saturated rings. The molecule has 0 saturated heterocycles. The molecule has 1 rings (SSSR count). The number of carbonyl (C=O) groups excluding carboxylic acids is 1. The van der Waals surface area contributed by atoms with Crippen LogP contribution in [0.5, 0.6) is 0 Å². The number of methoxy groups -OCH3 is 1. The van der Waals surface area contributed by atoms with Gasteiger partial charge in [-0.2, -0.15) is 0 Å². The molecule has 0 aliphatic rings. The monoisotopic (exact) mass is 252 g/mol. The lowest BCUT2D eigenvalue weighted by molar-refractivity contribution is -0.384. The van der Waals surface area contributed by atoms with Gasteiger partial charge < -0.3 is 10.5 Å². The Balaban J connectivity index is 3.10. The number of nitro groups is 1. The fourth-order valence-corrected chi connectivity index (χ4v) is 1.64. The summed E-state index contributed by atoms with van der Waals surface area (Å²) in [6, 6.07) is 5.27. The number of nitrogens with two attached hydrogens (primary N) is 1. The van der Waals surface area contributed by atoms with Gasteiger partial charge in [-0.25, -0.2) is 0 Å². The van der Waals surface area contributed by atoms with Crippen LogP contribution in [0.3, 0.4) is 0 Å². The van der Waals surface area contributed by atoms with Gasteiger partial charge in [0, 0.05) is 18.2 Å². The van der Waals surface area contributed by atoms with Gasteiger partial charge in [-0.1, -0.05) is 12.1 Å². The maximum Gasteiger partial charge on any atom is 0.313 e. The number of benzene rings is 1.